The topological polar surface area (TPSA) is 72.2 Å². The molecular formula is C13H19FN2O2S. The molecule has 6 heteroatoms. The zero-order chi connectivity index (χ0) is 14.8. The Hall–Kier alpha value is -1.43. The van der Waals surface area contributed by atoms with Crippen molar-refractivity contribution in [3.63, 3.8) is 0 Å². The number of rotatable bonds is 3. The van der Waals surface area contributed by atoms with Crippen molar-refractivity contribution in [3.8, 4) is 0 Å². The molecular weight excluding hydrogens is 267 g/mol. The van der Waals surface area contributed by atoms with E-state index in [4.69, 9.17) is 5.73 Å². The number of hydrogen-bond donors (Lipinski definition) is 2. The third-order valence-corrected chi connectivity index (χ3v) is 4.02. The summed E-state index contributed by atoms with van der Waals surface area (Å²) < 4.78 is 25.4. The molecule has 0 aliphatic rings. The van der Waals surface area contributed by atoms with Gasteiger partial charge in [0.25, 0.3) is 0 Å². The van der Waals surface area contributed by atoms with Gasteiger partial charge in [-0.05, 0) is 45.9 Å². The Morgan fingerprint density at radius 2 is 2.00 bits per heavy atom. The first-order valence-electron chi connectivity index (χ1n) is 5.89. The predicted octanol–water partition coefficient (Wildman–Crippen LogP) is 1.82. The highest BCUT2D eigenvalue weighted by Gasteiger charge is 2.26. The lowest BCUT2D eigenvalue weighted by atomic mass is 10.1. The summed E-state index contributed by atoms with van der Waals surface area (Å²) in [5.41, 5.74) is 5.47. The quantitative estimate of drug-likeness (QED) is 0.833. The number of benzene rings is 1. The van der Waals surface area contributed by atoms with Gasteiger partial charge in [-0.15, -0.1) is 0 Å². The number of halogens is 1. The van der Waals surface area contributed by atoms with E-state index in [9.17, 15) is 13.4 Å². The molecule has 0 bridgehead atoms. The standard InChI is InChI=1S/C13H19FN2O2S/c1-8(12(17)16-13(2,3)4)19(18)11-7-9(14)5-6-10(11)15/h5-8H,15H2,1-4H3,(H,16,17). The molecule has 3 N–H and O–H groups in total. The maximum Gasteiger partial charge on any atom is 0.236 e. The van der Waals surface area contributed by atoms with Crippen molar-refractivity contribution in [2.75, 3.05) is 5.73 Å². The van der Waals surface area contributed by atoms with E-state index in [0.29, 0.717) is 0 Å². The molecule has 0 aliphatic heterocycles. The summed E-state index contributed by atoms with van der Waals surface area (Å²) >= 11 is 0. The fraction of sp³-hybridized carbons (Fsp3) is 0.462. The third kappa shape index (κ3) is 4.31. The van der Waals surface area contributed by atoms with Crippen LogP contribution in [0.3, 0.4) is 0 Å². The molecule has 1 aromatic carbocycles. The van der Waals surface area contributed by atoms with Crippen molar-refractivity contribution in [2.24, 2.45) is 0 Å². The molecule has 2 unspecified atom stereocenters. The molecule has 0 heterocycles. The molecule has 1 amide bonds. The first kappa shape index (κ1) is 15.6. The number of carbonyl (C=O) groups excluding carboxylic acids is 1. The van der Waals surface area contributed by atoms with Crippen LogP contribution in [0.2, 0.25) is 0 Å². The summed E-state index contributed by atoms with van der Waals surface area (Å²) in [6, 6.07) is 3.64. The van der Waals surface area contributed by atoms with Gasteiger partial charge >= 0.3 is 0 Å². The van der Waals surface area contributed by atoms with Gasteiger partial charge in [-0.2, -0.15) is 0 Å². The van der Waals surface area contributed by atoms with Crippen molar-refractivity contribution in [1.82, 2.24) is 5.32 Å². The Labute approximate surface area is 115 Å². The van der Waals surface area contributed by atoms with Gasteiger partial charge in [-0.25, -0.2) is 4.39 Å². The maximum absolute atomic E-state index is 13.2. The van der Waals surface area contributed by atoms with Crippen molar-refractivity contribution >= 4 is 22.4 Å². The third-order valence-electron chi connectivity index (χ3n) is 2.38. The molecule has 19 heavy (non-hydrogen) atoms. The zero-order valence-corrected chi connectivity index (χ0v) is 12.3. The summed E-state index contributed by atoms with van der Waals surface area (Å²) in [6.07, 6.45) is 0. The van der Waals surface area contributed by atoms with Gasteiger partial charge in [0.15, 0.2) is 0 Å². The molecule has 0 fully saturated rings. The van der Waals surface area contributed by atoms with E-state index in [1.54, 1.807) is 0 Å². The van der Waals surface area contributed by atoms with Crippen LogP contribution in [-0.2, 0) is 15.6 Å². The second-order valence-electron chi connectivity index (χ2n) is 5.36. The summed E-state index contributed by atoms with van der Waals surface area (Å²) in [5.74, 6) is -0.879. The van der Waals surface area contributed by atoms with Crippen molar-refractivity contribution in [1.29, 1.82) is 0 Å². The Balaban J connectivity index is 2.94. The zero-order valence-electron chi connectivity index (χ0n) is 11.5. The minimum Gasteiger partial charge on any atom is -0.398 e. The van der Waals surface area contributed by atoms with E-state index in [1.165, 1.54) is 19.1 Å². The average Bonchev–Trinajstić information content (AvgIpc) is 2.28. The molecule has 0 radical (unpaired) electrons. The number of carbonyl (C=O) groups is 1. The fourth-order valence-corrected chi connectivity index (χ4v) is 2.60. The SMILES string of the molecule is CC(C(=O)NC(C)(C)C)S(=O)c1cc(F)ccc1N. The van der Waals surface area contributed by atoms with Crippen LogP contribution in [0, 0.1) is 5.82 Å². The predicted molar refractivity (Wildman–Crippen MR) is 74.6 cm³/mol. The van der Waals surface area contributed by atoms with Crippen LogP contribution < -0.4 is 11.1 Å². The minimum atomic E-state index is -1.69. The van der Waals surface area contributed by atoms with Crippen LogP contribution in [0.4, 0.5) is 10.1 Å². The summed E-state index contributed by atoms with van der Waals surface area (Å²) in [4.78, 5) is 12.1. The Morgan fingerprint density at radius 3 is 2.53 bits per heavy atom. The van der Waals surface area contributed by atoms with Crippen molar-refractivity contribution in [3.05, 3.63) is 24.0 Å². The highest BCUT2D eigenvalue weighted by atomic mass is 32.2. The molecule has 0 saturated carbocycles. The van der Waals surface area contributed by atoms with E-state index >= 15 is 0 Å². The summed E-state index contributed by atoms with van der Waals surface area (Å²) in [5, 5.41) is 1.93. The Bertz CT molecular complexity index is 512. The molecule has 0 saturated heterocycles. The van der Waals surface area contributed by atoms with Crippen molar-refractivity contribution < 1.29 is 13.4 Å². The summed E-state index contributed by atoms with van der Waals surface area (Å²) in [7, 11) is -1.69. The van der Waals surface area contributed by atoms with E-state index in [-0.39, 0.29) is 16.5 Å². The molecule has 1 rings (SSSR count). The lowest BCUT2D eigenvalue weighted by Crippen LogP contribution is -2.46. The van der Waals surface area contributed by atoms with Crippen molar-refractivity contribution in [2.45, 2.75) is 43.4 Å². The van der Waals surface area contributed by atoms with Gasteiger partial charge in [0, 0.05) is 11.2 Å². The van der Waals surface area contributed by atoms with Gasteiger partial charge in [-0.3, -0.25) is 9.00 Å². The molecule has 0 spiro atoms. The van der Waals surface area contributed by atoms with E-state index in [2.05, 4.69) is 5.32 Å². The number of nitrogen functional groups attached to an aromatic ring is 1. The molecule has 1 aromatic rings. The van der Waals surface area contributed by atoms with Gasteiger partial charge in [-0.1, -0.05) is 0 Å². The van der Waals surface area contributed by atoms with Crippen LogP contribution in [0.5, 0.6) is 0 Å². The second-order valence-corrected chi connectivity index (χ2v) is 7.10. The number of hydrogen-bond acceptors (Lipinski definition) is 3. The Morgan fingerprint density at radius 1 is 1.42 bits per heavy atom. The van der Waals surface area contributed by atoms with Crippen LogP contribution in [0.1, 0.15) is 27.7 Å². The average molecular weight is 286 g/mol. The fourth-order valence-electron chi connectivity index (χ4n) is 1.44. The molecule has 0 aromatic heterocycles. The van der Waals surface area contributed by atoms with E-state index < -0.39 is 27.4 Å². The lowest BCUT2D eigenvalue weighted by Gasteiger charge is -2.23. The molecule has 0 aliphatic carbocycles. The van der Waals surface area contributed by atoms with Gasteiger partial charge < -0.3 is 11.1 Å². The smallest absolute Gasteiger partial charge is 0.236 e. The largest absolute Gasteiger partial charge is 0.398 e. The molecule has 106 valence electrons. The highest BCUT2D eigenvalue weighted by Crippen LogP contribution is 2.20. The van der Waals surface area contributed by atoms with E-state index in [1.807, 2.05) is 20.8 Å². The van der Waals surface area contributed by atoms with Gasteiger partial charge in [0.2, 0.25) is 5.91 Å². The Kier molecular flexibility index (Phi) is 4.68. The molecule has 2 atom stereocenters. The number of nitrogens with one attached hydrogen (secondary N) is 1. The second kappa shape index (κ2) is 5.69. The van der Waals surface area contributed by atoms with Crippen LogP contribution in [0.15, 0.2) is 23.1 Å². The first-order chi connectivity index (χ1) is 8.61. The number of nitrogens with two attached hydrogens (primary N) is 1. The number of amides is 1. The first-order valence-corrected chi connectivity index (χ1v) is 7.11. The van der Waals surface area contributed by atoms with Gasteiger partial charge in [0.05, 0.1) is 15.7 Å². The lowest BCUT2D eigenvalue weighted by molar-refractivity contribution is -0.121. The van der Waals surface area contributed by atoms with E-state index in [0.717, 1.165) is 6.07 Å². The van der Waals surface area contributed by atoms with Gasteiger partial charge in [0.1, 0.15) is 11.1 Å². The maximum atomic E-state index is 13.2. The monoisotopic (exact) mass is 286 g/mol. The number of anilines is 1. The highest BCUT2D eigenvalue weighted by molar-refractivity contribution is 7.86. The van der Waals surface area contributed by atoms with Crippen LogP contribution >= 0.6 is 0 Å². The molecule has 4 nitrogen and oxygen atoms in total. The summed E-state index contributed by atoms with van der Waals surface area (Å²) in [6.45, 7) is 7.02. The minimum absolute atomic E-state index is 0.150. The normalized spacial score (nSPS) is 14.8. The van der Waals surface area contributed by atoms with Crippen LogP contribution in [0.25, 0.3) is 0 Å². The van der Waals surface area contributed by atoms with Crippen LogP contribution in [-0.4, -0.2) is 20.9 Å².